The van der Waals surface area contributed by atoms with Crippen molar-refractivity contribution in [3.8, 4) is 0 Å². The Hall–Kier alpha value is -2.35. The third-order valence-corrected chi connectivity index (χ3v) is 6.21. The van der Waals surface area contributed by atoms with Gasteiger partial charge in [-0.25, -0.2) is 0 Å². The van der Waals surface area contributed by atoms with E-state index in [4.69, 9.17) is 15.9 Å². The van der Waals surface area contributed by atoms with Crippen LogP contribution in [-0.4, -0.2) is 13.1 Å². The number of nitrogens with zero attached hydrogens (tertiary/aromatic N) is 1. The van der Waals surface area contributed by atoms with Crippen LogP contribution < -0.4 is 9.84 Å². The summed E-state index contributed by atoms with van der Waals surface area (Å²) < 4.78 is 31.9. The van der Waals surface area contributed by atoms with Crippen molar-refractivity contribution in [1.82, 2.24) is 4.73 Å². The highest BCUT2D eigenvalue weighted by Gasteiger charge is 2.19. The van der Waals surface area contributed by atoms with E-state index >= 15 is 0 Å². The van der Waals surface area contributed by atoms with Crippen molar-refractivity contribution in [2.24, 2.45) is 0 Å². The predicted octanol–water partition coefficient (Wildman–Crippen LogP) is 4.87. The van der Waals surface area contributed by atoms with Gasteiger partial charge in [0.15, 0.2) is 0 Å². The van der Waals surface area contributed by atoms with Crippen LogP contribution >= 0.6 is 27.5 Å². The average Bonchev–Trinajstić information content (AvgIpc) is 2.65. The first-order chi connectivity index (χ1) is 13.7. The van der Waals surface area contributed by atoms with Gasteiger partial charge >= 0.3 is 10.1 Å². The molecule has 3 rings (SSSR count). The molecule has 0 saturated heterocycles. The molecule has 3 aromatic rings. The molecule has 1 heterocycles. The molecule has 1 aromatic heterocycles. The third kappa shape index (κ3) is 5.18. The standard InChI is InChI=1S/C21H17BrClNO4S/c1-14-11-18(8-5-16-4-3-15(2)20(23)13-16)24(21(25)12-14)28-29(26,27)19-9-6-17(22)7-10-19/h3-13H,1-2H3. The Morgan fingerprint density at radius 1 is 1.00 bits per heavy atom. The highest BCUT2D eigenvalue weighted by Crippen LogP contribution is 2.19. The zero-order chi connectivity index (χ0) is 21.2. The van der Waals surface area contributed by atoms with Crippen molar-refractivity contribution < 1.29 is 12.7 Å². The van der Waals surface area contributed by atoms with Gasteiger partial charge in [-0.05, 0) is 73.0 Å². The number of benzene rings is 2. The molecule has 29 heavy (non-hydrogen) atoms. The molecule has 0 N–H and O–H groups in total. The molecule has 0 spiro atoms. The lowest BCUT2D eigenvalue weighted by molar-refractivity contribution is 0.264. The molecule has 0 aliphatic rings. The second kappa shape index (κ2) is 8.57. The SMILES string of the molecule is Cc1cc(C=Cc2ccc(C)c(Cl)c2)n(OS(=O)(=O)c2ccc(Br)cc2)c(=O)c1. The zero-order valence-corrected chi connectivity index (χ0v) is 18.8. The fourth-order valence-corrected chi connectivity index (χ4v) is 3.91. The third-order valence-electron chi connectivity index (χ3n) is 4.08. The number of pyridine rings is 1. The summed E-state index contributed by atoms with van der Waals surface area (Å²) in [6, 6.07) is 14.4. The number of halogens is 2. The van der Waals surface area contributed by atoms with Crippen molar-refractivity contribution >= 4 is 49.8 Å². The lowest BCUT2D eigenvalue weighted by atomic mass is 10.1. The number of hydrogen-bond acceptors (Lipinski definition) is 4. The van der Waals surface area contributed by atoms with E-state index in [0.29, 0.717) is 10.6 Å². The molecule has 0 saturated carbocycles. The normalized spacial score (nSPS) is 11.7. The summed E-state index contributed by atoms with van der Waals surface area (Å²) in [7, 11) is -4.20. The molecule has 0 aliphatic carbocycles. The smallest absolute Gasteiger partial charge is 0.280 e. The van der Waals surface area contributed by atoms with E-state index in [1.54, 1.807) is 43.3 Å². The van der Waals surface area contributed by atoms with Crippen LogP contribution in [0.15, 0.2) is 68.8 Å². The van der Waals surface area contributed by atoms with Crippen LogP contribution in [0.1, 0.15) is 22.4 Å². The highest BCUT2D eigenvalue weighted by molar-refractivity contribution is 9.10. The van der Waals surface area contributed by atoms with Crippen molar-refractivity contribution in [2.75, 3.05) is 0 Å². The van der Waals surface area contributed by atoms with E-state index in [9.17, 15) is 13.2 Å². The Labute approximate surface area is 182 Å². The molecule has 2 aromatic carbocycles. The van der Waals surface area contributed by atoms with E-state index in [0.717, 1.165) is 20.3 Å². The highest BCUT2D eigenvalue weighted by atomic mass is 79.9. The van der Waals surface area contributed by atoms with E-state index in [-0.39, 0.29) is 10.6 Å². The van der Waals surface area contributed by atoms with Crippen LogP contribution in [0.2, 0.25) is 5.02 Å². The molecule has 0 bridgehead atoms. The maximum absolute atomic E-state index is 12.6. The molecule has 0 unspecified atom stereocenters. The van der Waals surface area contributed by atoms with Gasteiger partial charge in [-0.15, -0.1) is 4.73 Å². The van der Waals surface area contributed by atoms with E-state index in [1.807, 2.05) is 19.1 Å². The fraction of sp³-hybridized carbons (Fsp3) is 0.0952. The quantitative estimate of drug-likeness (QED) is 0.508. The van der Waals surface area contributed by atoms with Crippen LogP contribution in [0.4, 0.5) is 0 Å². The van der Waals surface area contributed by atoms with Crippen LogP contribution in [0.25, 0.3) is 12.2 Å². The second-order valence-corrected chi connectivity index (χ2v) is 9.27. The van der Waals surface area contributed by atoms with Crippen molar-refractivity contribution in [3.05, 3.63) is 96.8 Å². The molecular formula is C21H17BrClNO4S. The Morgan fingerprint density at radius 2 is 1.69 bits per heavy atom. The molecule has 5 nitrogen and oxygen atoms in total. The zero-order valence-electron chi connectivity index (χ0n) is 15.6. The van der Waals surface area contributed by atoms with E-state index in [1.165, 1.54) is 18.2 Å². The minimum absolute atomic E-state index is 0.0616. The number of aromatic nitrogens is 1. The lowest BCUT2D eigenvalue weighted by Gasteiger charge is -2.12. The summed E-state index contributed by atoms with van der Waals surface area (Å²) in [6.07, 6.45) is 3.33. The Morgan fingerprint density at radius 3 is 2.34 bits per heavy atom. The second-order valence-electron chi connectivity index (χ2n) is 6.41. The van der Waals surface area contributed by atoms with Gasteiger partial charge < -0.3 is 0 Å². The average molecular weight is 495 g/mol. The van der Waals surface area contributed by atoms with Gasteiger partial charge in [-0.2, -0.15) is 8.42 Å². The Balaban J connectivity index is 2.01. The summed E-state index contributed by atoms with van der Waals surface area (Å²) in [6.45, 7) is 3.64. The molecule has 0 amide bonds. The minimum atomic E-state index is -4.20. The van der Waals surface area contributed by atoms with Gasteiger partial charge in [0.2, 0.25) is 0 Å². The van der Waals surface area contributed by atoms with Gasteiger partial charge in [0.1, 0.15) is 4.90 Å². The Bertz CT molecular complexity index is 1250. The van der Waals surface area contributed by atoms with Crippen molar-refractivity contribution in [2.45, 2.75) is 18.7 Å². The first-order valence-corrected chi connectivity index (χ1v) is 11.1. The summed E-state index contributed by atoms with van der Waals surface area (Å²) >= 11 is 9.40. The van der Waals surface area contributed by atoms with Gasteiger partial charge in [0.25, 0.3) is 5.56 Å². The number of hydrogen-bond donors (Lipinski definition) is 0. The molecule has 150 valence electrons. The first-order valence-electron chi connectivity index (χ1n) is 8.54. The monoisotopic (exact) mass is 493 g/mol. The van der Waals surface area contributed by atoms with Gasteiger partial charge in [0, 0.05) is 15.6 Å². The summed E-state index contributed by atoms with van der Waals surface area (Å²) in [5.74, 6) is 0. The van der Waals surface area contributed by atoms with E-state index in [2.05, 4.69) is 15.9 Å². The number of rotatable bonds is 5. The lowest BCUT2D eigenvalue weighted by Crippen LogP contribution is -2.32. The maximum Gasteiger partial charge on any atom is 0.357 e. The largest absolute Gasteiger partial charge is 0.357 e. The minimum Gasteiger partial charge on any atom is -0.280 e. The van der Waals surface area contributed by atoms with Crippen molar-refractivity contribution in [3.63, 3.8) is 0 Å². The first kappa shape index (κ1) is 21.4. The van der Waals surface area contributed by atoms with Crippen LogP contribution in [0.3, 0.4) is 0 Å². The van der Waals surface area contributed by atoms with Crippen LogP contribution in [0.5, 0.6) is 0 Å². The predicted molar refractivity (Wildman–Crippen MR) is 118 cm³/mol. The molecule has 0 aliphatic heterocycles. The molecule has 0 radical (unpaired) electrons. The molecular weight excluding hydrogens is 478 g/mol. The fourth-order valence-electron chi connectivity index (χ4n) is 2.55. The topological polar surface area (TPSA) is 65.4 Å². The Kier molecular flexibility index (Phi) is 6.31. The van der Waals surface area contributed by atoms with Gasteiger partial charge in [-0.3, -0.25) is 9.08 Å². The molecule has 0 atom stereocenters. The van der Waals surface area contributed by atoms with Crippen molar-refractivity contribution in [1.29, 1.82) is 0 Å². The van der Waals surface area contributed by atoms with Crippen LogP contribution in [-0.2, 0) is 10.1 Å². The summed E-state index contributed by atoms with van der Waals surface area (Å²) in [5.41, 5.74) is 2.12. The maximum atomic E-state index is 12.6. The molecule has 8 heteroatoms. The van der Waals surface area contributed by atoms with Gasteiger partial charge in [-0.1, -0.05) is 45.7 Å². The van der Waals surface area contributed by atoms with E-state index < -0.39 is 15.7 Å². The van der Waals surface area contributed by atoms with Gasteiger partial charge in [0.05, 0.1) is 5.69 Å². The van der Waals surface area contributed by atoms with Crippen LogP contribution in [0, 0.1) is 13.8 Å². The number of aryl methyl sites for hydroxylation is 2. The summed E-state index contributed by atoms with van der Waals surface area (Å²) in [4.78, 5) is 12.4. The molecule has 0 fully saturated rings. The summed E-state index contributed by atoms with van der Waals surface area (Å²) in [5, 5.41) is 0.614.